The largest absolute Gasteiger partial charge is 0.396 e. The Morgan fingerprint density at radius 1 is 1.50 bits per heavy atom. The van der Waals surface area contributed by atoms with Crippen LogP contribution in [0, 0.1) is 5.41 Å². The molecule has 1 unspecified atom stereocenters. The molecule has 4 nitrogen and oxygen atoms in total. The number of nitrogens with zero attached hydrogens (tertiary/aromatic N) is 2. The van der Waals surface area contributed by atoms with E-state index in [0.29, 0.717) is 0 Å². The molecule has 4 heteroatoms. The molecule has 1 heterocycles. The highest BCUT2D eigenvalue weighted by Gasteiger charge is 2.20. The van der Waals surface area contributed by atoms with Crippen LogP contribution < -0.4 is 5.32 Å². The monoisotopic (exact) mass is 225 g/mol. The lowest BCUT2D eigenvalue weighted by Crippen LogP contribution is -2.34. The minimum absolute atomic E-state index is 0.0131. The predicted octanol–water partition coefficient (Wildman–Crippen LogP) is 1.40. The molecule has 1 rings (SSSR count). The van der Waals surface area contributed by atoms with Gasteiger partial charge in [0.15, 0.2) is 0 Å². The standard InChI is InChI=1S/C12H23N3O/c1-4-12(3,10-16)9-13-6-11-7-14-15(5-2)8-11/h7-8,13,16H,4-6,9-10H2,1-3H3. The second-order valence-corrected chi connectivity index (χ2v) is 4.63. The van der Waals surface area contributed by atoms with Gasteiger partial charge in [0.05, 0.1) is 6.20 Å². The van der Waals surface area contributed by atoms with E-state index >= 15 is 0 Å². The Morgan fingerprint density at radius 2 is 2.25 bits per heavy atom. The Kier molecular flexibility index (Phi) is 4.96. The maximum absolute atomic E-state index is 9.27. The Hall–Kier alpha value is -0.870. The van der Waals surface area contributed by atoms with E-state index in [1.165, 1.54) is 5.56 Å². The van der Waals surface area contributed by atoms with Crippen LogP contribution in [0.1, 0.15) is 32.8 Å². The molecular weight excluding hydrogens is 202 g/mol. The summed E-state index contributed by atoms with van der Waals surface area (Å²) in [6.45, 7) is 9.05. The molecule has 92 valence electrons. The van der Waals surface area contributed by atoms with Crippen molar-refractivity contribution < 1.29 is 5.11 Å². The van der Waals surface area contributed by atoms with Gasteiger partial charge in [-0.25, -0.2) is 0 Å². The van der Waals surface area contributed by atoms with Crippen molar-refractivity contribution in [3.8, 4) is 0 Å². The maximum Gasteiger partial charge on any atom is 0.0534 e. The lowest BCUT2D eigenvalue weighted by atomic mass is 9.88. The highest BCUT2D eigenvalue weighted by atomic mass is 16.3. The van der Waals surface area contributed by atoms with E-state index in [9.17, 15) is 5.11 Å². The molecule has 0 aromatic carbocycles. The van der Waals surface area contributed by atoms with Crippen molar-refractivity contribution in [3.63, 3.8) is 0 Å². The maximum atomic E-state index is 9.27. The molecule has 0 fully saturated rings. The van der Waals surface area contributed by atoms with E-state index in [1.54, 1.807) is 0 Å². The van der Waals surface area contributed by atoms with E-state index in [-0.39, 0.29) is 12.0 Å². The lowest BCUT2D eigenvalue weighted by molar-refractivity contribution is 0.135. The molecule has 1 atom stereocenters. The molecule has 2 N–H and O–H groups in total. The summed E-state index contributed by atoms with van der Waals surface area (Å²) < 4.78 is 1.92. The SMILES string of the molecule is CCn1cc(CNCC(C)(CC)CO)cn1. The Morgan fingerprint density at radius 3 is 2.75 bits per heavy atom. The third-order valence-corrected chi connectivity index (χ3v) is 3.13. The zero-order chi connectivity index (χ0) is 12.0. The number of nitrogens with one attached hydrogen (secondary N) is 1. The van der Waals surface area contributed by atoms with Gasteiger partial charge in [0.2, 0.25) is 0 Å². The number of aliphatic hydroxyl groups is 1. The number of aromatic nitrogens is 2. The van der Waals surface area contributed by atoms with Gasteiger partial charge in [0.25, 0.3) is 0 Å². The zero-order valence-corrected chi connectivity index (χ0v) is 10.5. The van der Waals surface area contributed by atoms with Crippen molar-refractivity contribution in [2.45, 2.75) is 40.3 Å². The van der Waals surface area contributed by atoms with E-state index in [0.717, 1.165) is 26.1 Å². The van der Waals surface area contributed by atoms with Crippen molar-refractivity contribution in [3.05, 3.63) is 18.0 Å². The Balaban J connectivity index is 2.35. The molecule has 0 amide bonds. The van der Waals surface area contributed by atoms with Crippen molar-refractivity contribution in [2.24, 2.45) is 5.41 Å². The normalized spacial score (nSPS) is 15.0. The summed E-state index contributed by atoms with van der Waals surface area (Å²) in [5.41, 5.74) is 1.18. The fraction of sp³-hybridized carbons (Fsp3) is 0.750. The van der Waals surface area contributed by atoms with E-state index in [4.69, 9.17) is 0 Å². The van der Waals surface area contributed by atoms with Crippen LogP contribution in [0.4, 0.5) is 0 Å². The van der Waals surface area contributed by atoms with E-state index in [2.05, 4.69) is 37.4 Å². The van der Waals surface area contributed by atoms with Crippen LogP contribution in [0.2, 0.25) is 0 Å². The van der Waals surface area contributed by atoms with Gasteiger partial charge in [-0.1, -0.05) is 13.8 Å². The summed E-state index contributed by atoms with van der Waals surface area (Å²) in [6.07, 6.45) is 4.92. The Bertz CT molecular complexity index is 305. The van der Waals surface area contributed by atoms with Crippen LogP contribution in [-0.4, -0.2) is 28.0 Å². The lowest BCUT2D eigenvalue weighted by Gasteiger charge is -2.25. The van der Waals surface area contributed by atoms with Crippen molar-refractivity contribution in [2.75, 3.05) is 13.2 Å². The summed E-state index contributed by atoms with van der Waals surface area (Å²) in [5, 5.41) is 16.9. The van der Waals surface area contributed by atoms with E-state index < -0.39 is 0 Å². The summed E-state index contributed by atoms with van der Waals surface area (Å²) in [5.74, 6) is 0. The van der Waals surface area contributed by atoms with Gasteiger partial charge in [0, 0.05) is 43.4 Å². The van der Waals surface area contributed by atoms with Gasteiger partial charge in [-0.05, 0) is 13.3 Å². The van der Waals surface area contributed by atoms with Crippen LogP contribution in [-0.2, 0) is 13.1 Å². The molecule has 0 spiro atoms. The molecule has 0 saturated carbocycles. The van der Waals surface area contributed by atoms with Crippen LogP contribution in [0.25, 0.3) is 0 Å². The van der Waals surface area contributed by atoms with E-state index in [1.807, 2.05) is 10.9 Å². The van der Waals surface area contributed by atoms with Gasteiger partial charge in [-0.2, -0.15) is 5.10 Å². The molecule has 0 aliphatic rings. The Labute approximate surface area is 97.7 Å². The van der Waals surface area contributed by atoms with Gasteiger partial charge in [-0.15, -0.1) is 0 Å². The number of hydrogen-bond acceptors (Lipinski definition) is 3. The molecule has 16 heavy (non-hydrogen) atoms. The second-order valence-electron chi connectivity index (χ2n) is 4.63. The second kappa shape index (κ2) is 6.01. The smallest absolute Gasteiger partial charge is 0.0534 e. The average Bonchev–Trinajstić information content (AvgIpc) is 2.77. The number of aliphatic hydroxyl groups excluding tert-OH is 1. The van der Waals surface area contributed by atoms with Crippen LogP contribution in [0.15, 0.2) is 12.4 Å². The van der Waals surface area contributed by atoms with Gasteiger partial charge in [0.1, 0.15) is 0 Å². The summed E-state index contributed by atoms with van der Waals surface area (Å²) in [7, 11) is 0. The third-order valence-electron chi connectivity index (χ3n) is 3.13. The number of rotatable bonds is 7. The molecule has 0 bridgehead atoms. The predicted molar refractivity (Wildman–Crippen MR) is 65.1 cm³/mol. The fourth-order valence-corrected chi connectivity index (χ4v) is 1.47. The highest BCUT2D eigenvalue weighted by molar-refractivity contribution is 5.03. The number of aryl methyl sites for hydroxylation is 1. The first-order chi connectivity index (χ1) is 7.63. The molecule has 0 aliphatic heterocycles. The fourth-order valence-electron chi connectivity index (χ4n) is 1.47. The number of hydrogen-bond donors (Lipinski definition) is 2. The average molecular weight is 225 g/mol. The first kappa shape index (κ1) is 13.2. The minimum Gasteiger partial charge on any atom is -0.396 e. The molecule has 0 aliphatic carbocycles. The highest BCUT2D eigenvalue weighted by Crippen LogP contribution is 2.18. The van der Waals surface area contributed by atoms with Crippen LogP contribution in [0.5, 0.6) is 0 Å². The van der Waals surface area contributed by atoms with Crippen molar-refractivity contribution in [1.29, 1.82) is 0 Å². The molecule has 1 aromatic heterocycles. The van der Waals surface area contributed by atoms with Gasteiger partial charge in [-0.3, -0.25) is 4.68 Å². The summed E-state index contributed by atoms with van der Waals surface area (Å²) in [6, 6.07) is 0. The molecule has 0 radical (unpaired) electrons. The quantitative estimate of drug-likeness (QED) is 0.737. The van der Waals surface area contributed by atoms with Crippen molar-refractivity contribution >= 4 is 0 Å². The zero-order valence-electron chi connectivity index (χ0n) is 10.5. The molecule has 1 aromatic rings. The molecular formula is C12H23N3O. The van der Waals surface area contributed by atoms with Crippen molar-refractivity contribution in [1.82, 2.24) is 15.1 Å². The first-order valence-electron chi connectivity index (χ1n) is 5.96. The van der Waals surface area contributed by atoms with Gasteiger partial charge < -0.3 is 10.4 Å². The minimum atomic E-state index is -0.0131. The topological polar surface area (TPSA) is 50.1 Å². The van der Waals surface area contributed by atoms with Gasteiger partial charge >= 0.3 is 0 Å². The summed E-state index contributed by atoms with van der Waals surface area (Å²) in [4.78, 5) is 0. The molecule has 0 saturated heterocycles. The van der Waals surface area contributed by atoms with Crippen LogP contribution >= 0.6 is 0 Å². The summed E-state index contributed by atoms with van der Waals surface area (Å²) >= 11 is 0. The van der Waals surface area contributed by atoms with Crippen LogP contribution in [0.3, 0.4) is 0 Å². The first-order valence-corrected chi connectivity index (χ1v) is 5.96. The third kappa shape index (κ3) is 3.61.